The Morgan fingerprint density at radius 2 is 1.71 bits per heavy atom. The standard InChI is InChI=1S/C15H12F3NO2/c1-9-7-8-11(21-14(19)20)12(13(9)15(16,17)18)10-5-3-2-4-6-10/h2-8H,1H3,(H2,19,20). The van der Waals surface area contributed by atoms with Gasteiger partial charge in [-0.05, 0) is 24.1 Å². The van der Waals surface area contributed by atoms with E-state index in [1.807, 2.05) is 0 Å². The van der Waals surface area contributed by atoms with Gasteiger partial charge in [0.25, 0.3) is 0 Å². The van der Waals surface area contributed by atoms with Crippen molar-refractivity contribution in [1.29, 1.82) is 0 Å². The molecule has 1 amide bonds. The van der Waals surface area contributed by atoms with E-state index in [0.29, 0.717) is 5.56 Å². The number of rotatable bonds is 2. The molecule has 0 aliphatic rings. The van der Waals surface area contributed by atoms with Gasteiger partial charge in [-0.15, -0.1) is 0 Å². The van der Waals surface area contributed by atoms with Crippen molar-refractivity contribution in [3.05, 3.63) is 53.6 Å². The Kier molecular flexibility index (Phi) is 3.88. The van der Waals surface area contributed by atoms with Crippen LogP contribution < -0.4 is 10.5 Å². The molecular weight excluding hydrogens is 283 g/mol. The van der Waals surface area contributed by atoms with Crippen molar-refractivity contribution < 1.29 is 22.7 Å². The Balaban J connectivity index is 2.78. The zero-order valence-electron chi connectivity index (χ0n) is 11.1. The average molecular weight is 295 g/mol. The van der Waals surface area contributed by atoms with Gasteiger partial charge < -0.3 is 10.5 Å². The Hall–Kier alpha value is -2.50. The van der Waals surface area contributed by atoms with Crippen LogP contribution in [0, 0.1) is 6.92 Å². The Morgan fingerprint density at radius 1 is 1.10 bits per heavy atom. The number of aryl methyl sites for hydroxylation is 1. The number of primary amides is 1. The second kappa shape index (κ2) is 5.47. The first-order chi connectivity index (χ1) is 9.80. The molecule has 0 saturated heterocycles. The van der Waals surface area contributed by atoms with Crippen molar-refractivity contribution >= 4 is 6.09 Å². The normalized spacial score (nSPS) is 11.2. The predicted octanol–water partition coefficient (Wildman–Crippen LogP) is 4.14. The molecule has 0 saturated carbocycles. The number of amides is 1. The minimum Gasteiger partial charge on any atom is -0.410 e. The number of carbonyl (C=O) groups excluding carboxylic acids is 1. The minimum atomic E-state index is -4.58. The van der Waals surface area contributed by atoms with Gasteiger partial charge in [0.15, 0.2) is 0 Å². The maximum Gasteiger partial charge on any atom is 0.417 e. The summed E-state index contributed by atoms with van der Waals surface area (Å²) in [6.45, 7) is 1.35. The molecule has 0 spiro atoms. The molecule has 3 nitrogen and oxygen atoms in total. The third-order valence-electron chi connectivity index (χ3n) is 2.93. The summed E-state index contributed by atoms with van der Waals surface area (Å²) in [6.07, 6.45) is -5.74. The fourth-order valence-electron chi connectivity index (χ4n) is 2.14. The van der Waals surface area contributed by atoms with E-state index in [1.165, 1.54) is 31.2 Å². The average Bonchev–Trinajstić information content (AvgIpc) is 2.39. The highest BCUT2D eigenvalue weighted by Crippen LogP contribution is 2.44. The molecular formula is C15H12F3NO2. The lowest BCUT2D eigenvalue weighted by molar-refractivity contribution is -0.137. The fraction of sp³-hybridized carbons (Fsp3) is 0.133. The van der Waals surface area contributed by atoms with Crippen LogP contribution in [0.2, 0.25) is 0 Å². The number of halogens is 3. The number of ether oxygens (including phenoxy) is 1. The van der Waals surface area contributed by atoms with Crippen LogP contribution in [0.25, 0.3) is 11.1 Å². The molecule has 0 heterocycles. The lowest BCUT2D eigenvalue weighted by Crippen LogP contribution is -2.18. The fourth-order valence-corrected chi connectivity index (χ4v) is 2.14. The molecule has 0 atom stereocenters. The number of hydrogen-bond donors (Lipinski definition) is 1. The second-order valence-electron chi connectivity index (χ2n) is 4.42. The summed E-state index contributed by atoms with van der Waals surface area (Å²) in [5.74, 6) is -0.216. The summed E-state index contributed by atoms with van der Waals surface area (Å²) < 4.78 is 44.8. The number of nitrogens with two attached hydrogens (primary N) is 1. The van der Waals surface area contributed by atoms with E-state index in [1.54, 1.807) is 18.2 Å². The smallest absolute Gasteiger partial charge is 0.410 e. The lowest BCUT2D eigenvalue weighted by atomic mass is 9.94. The van der Waals surface area contributed by atoms with Crippen LogP contribution in [-0.4, -0.2) is 6.09 Å². The van der Waals surface area contributed by atoms with Crippen molar-refractivity contribution in [3.63, 3.8) is 0 Å². The van der Waals surface area contributed by atoms with Gasteiger partial charge in [-0.3, -0.25) is 0 Å². The Bertz CT molecular complexity index is 667. The van der Waals surface area contributed by atoms with E-state index in [4.69, 9.17) is 10.5 Å². The number of hydrogen-bond acceptors (Lipinski definition) is 2. The van der Waals surface area contributed by atoms with Crippen LogP contribution in [0.4, 0.5) is 18.0 Å². The largest absolute Gasteiger partial charge is 0.417 e. The molecule has 2 aromatic carbocycles. The van der Waals surface area contributed by atoms with Crippen molar-refractivity contribution in [3.8, 4) is 16.9 Å². The third kappa shape index (κ3) is 3.16. The first kappa shape index (κ1) is 14.9. The van der Waals surface area contributed by atoms with E-state index in [2.05, 4.69) is 0 Å². The van der Waals surface area contributed by atoms with Crippen LogP contribution in [0.3, 0.4) is 0 Å². The maximum atomic E-state index is 13.3. The maximum absolute atomic E-state index is 13.3. The molecule has 0 aliphatic heterocycles. The van der Waals surface area contributed by atoms with Gasteiger partial charge in [-0.2, -0.15) is 13.2 Å². The first-order valence-corrected chi connectivity index (χ1v) is 6.04. The van der Waals surface area contributed by atoms with Gasteiger partial charge in [0.2, 0.25) is 0 Å². The van der Waals surface area contributed by atoms with Crippen LogP contribution in [-0.2, 0) is 6.18 Å². The van der Waals surface area contributed by atoms with Gasteiger partial charge in [0.1, 0.15) is 5.75 Å². The predicted molar refractivity (Wildman–Crippen MR) is 71.8 cm³/mol. The molecule has 0 fully saturated rings. The summed E-state index contributed by atoms with van der Waals surface area (Å²) in [5, 5.41) is 0. The second-order valence-corrected chi connectivity index (χ2v) is 4.42. The first-order valence-electron chi connectivity index (χ1n) is 6.04. The molecule has 2 rings (SSSR count). The summed E-state index contributed by atoms with van der Waals surface area (Å²) in [7, 11) is 0. The van der Waals surface area contributed by atoms with Crippen molar-refractivity contribution in [2.75, 3.05) is 0 Å². The molecule has 0 bridgehead atoms. The molecule has 21 heavy (non-hydrogen) atoms. The van der Waals surface area contributed by atoms with E-state index in [0.717, 1.165) is 0 Å². The highest BCUT2D eigenvalue weighted by molar-refractivity contribution is 5.79. The molecule has 2 aromatic rings. The number of carbonyl (C=O) groups is 1. The van der Waals surface area contributed by atoms with Crippen molar-refractivity contribution in [2.45, 2.75) is 13.1 Å². The number of benzene rings is 2. The molecule has 0 aromatic heterocycles. The van der Waals surface area contributed by atoms with E-state index in [-0.39, 0.29) is 16.9 Å². The van der Waals surface area contributed by atoms with E-state index >= 15 is 0 Å². The third-order valence-corrected chi connectivity index (χ3v) is 2.93. The summed E-state index contributed by atoms with van der Waals surface area (Å²) in [5.41, 5.74) is 4.23. The monoisotopic (exact) mass is 295 g/mol. The molecule has 0 unspecified atom stereocenters. The zero-order valence-corrected chi connectivity index (χ0v) is 11.1. The highest BCUT2D eigenvalue weighted by Gasteiger charge is 2.37. The molecule has 6 heteroatoms. The van der Waals surface area contributed by atoms with Crippen molar-refractivity contribution in [2.24, 2.45) is 5.73 Å². The molecule has 0 radical (unpaired) electrons. The van der Waals surface area contributed by atoms with E-state index < -0.39 is 17.8 Å². The summed E-state index contributed by atoms with van der Waals surface area (Å²) in [4.78, 5) is 10.9. The SMILES string of the molecule is Cc1ccc(OC(N)=O)c(-c2ccccc2)c1C(F)(F)F. The molecule has 110 valence electrons. The van der Waals surface area contributed by atoms with Crippen LogP contribution in [0.1, 0.15) is 11.1 Å². The van der Waals surface area contributed by atoms with Gasteiger partial charge >= 0.3 is 12.3 Å². The summed E-state index contributed by atoms with van der Waals surface area (Å²) in [6, 6.07) is 10.5. The van der Waals surface area contributed by atoms with Crippen LogP contribution in [0.5, 0.6) is 5.75 Å². The van der Waals surface area contributed by atoms with Crippen molar-refractivity contribution in [1.82, 2.24) is 0 Å². The molecule has 0 aliphatic carbocycles. The van der Waals surface area contributed by atoms with Crippen LogP contribution >= 0.6 is 0 Å². The Morgan fingerprint density at radius 3 is 2.24 bits per heavy atom. The highest BCUT2D eigenvalue weighted by atomic mass is 19.4. The quantitative estimate of drug-likeness (QED) is 0.905. The minimum absolute atomic E-state index is 0.0400. The lowest BCUT2D eigenvalue weighted by Gasteiger charge is -2.18. The van der Waals surface area contributed by atoms with E-state index in [9.17, 15) is 18.0 Å². The zero-order chi connectivity index (χ0) is 15.6. The van der Waals surface area contributed by atoms with Gasteiger partial charge in [0, 0.05) is 5.56 Å². The topological polar surface area (TPSA) is 52.3 Å². The van der Waals surface area contributed by atoms with Crippen LogP contribution in [0.15, 0.2) is 42.5 Å². The summed E-state index contributed by atoms with van der Waals surface area (Å²) >= 11 is 0. The number of alkyl halides is 3. The van der Waals surface area contributed by atoms with Gasteiger partial charge in [0.05, 0.1) is 5.56 Å². The molecule has 2 N–H and O–H groups in total. The van der Waals surface area contributed by atoms with Gasteiger partial charge in [-0.25, -0.2) is 4.79 Å². The Labute approximate surface area is 119 Å². The van der Waals surface area contributed by atoms with Gasteiger partial charge in [-0.1, -0.05) is 36.4 Å².